The van der Waals surface area contributed by atoms with Crippen molar-refractivity contribution in [2.75, 3.05) is 0 Å². The summed E-state index contributed by atoms with van der Waals surface area (Å²) in [6.07, 6.45) is 6.55. The van der Waals surface area contributed by atoms with Gasteiger partial charge in [0.25, 0.3) is 0 Å². The van der Waals surface area contributed by atoms with Gasteiger partial charge in [-0.05, 0) is 55.8 Å². The van der Waals surface area contributed by atoms with Gasteiger partial charge < -0.3 is 0 Å². The van der Waals surface area contributed by atoms with Gasteiger partial charge in [-0.2, -0.15) is 0 Å². The van der Waals surface area contributed by atoms with Gasteiger partial charge in [0, 0.05) is 23.7 Å². The summed E-state index contributed by atoms with van der Waals surface area (Å²) < 4.78 is 0. The van der Waals surface area contributed by atoms with Crippen molar-refractivity contribution in [3.8, 4) is 0 Å². The van der Waals surface area contributed by atoms with Crippen LogP contribution in [0.25, 0.3) is 0 Å². The molecule has 6 atom stereocenters. The summed E-state index contributed by atoms with van der Waals surface area (Å²) in [7, 11) is 0. The molecule has 0 bridgehead atoms. The fraction of sp³-hybridized carbons (Fsp3) is 0.842. The number of hydrogen-bond acceptors (Lipinski definition) is 3. The third-order valence-corrected chi connectivity index (χ3v) is 8.05. The second-order valence-electron chi connectivity index (χ2n) is 8.69. The van der Waals surface area contributed by atoms with Crippen LogP contribution in [0.3, 0.4) is 0 Å². The summed E-state index contributed by atoms with van der Waals surface area (Å²) >= 11 is 0. The zero-order chi connectivity index (χ0) is 15.7. The van der Waals surface area contributed by atoms with Crippen LogP contribution in [0.5, 0.6) is 0 Å². The van der Waals surface area contributed by atoms with Crippen molar-refractivity contribution < 1.29 is 14.4 Å². The van der Waals surface area contributed by atoms with Gasteiger partial charge in [0.2, 0.25) is 0 Å². The third kappa shape index (κ3) is 1.66. The van der Waals surface area contributed by atoms with Crippen LogP contribution in [0.4, 0.5) is 0 Å². The number of hydrogen-bond donors (Lipinski definition) is 0. The predicted molar refractivity (Wildman–Crippen MR) is 82.1 cm³/mol. The smallest absolute Gasteiger partial charge is 0.146 e. The first-order valence-electron chi connectivity index (χ1n) is 8.95. The van der Waals surface area contributed by atoms with E-state index in [0.717, 1.165) is 38.5 Å². The Morgan fingerprint density at radius 3 is 2.45 bits per heavy atom. The minimum absolute atomic E-state index is 0.127. The summed E-state index contributed by atoms with van der Waals surface area (Å²) in [6.45, 7) is 4.31. The van der Waals surface area contributed by atoms with Crippen LogP contribution >= 0.6 is 0 Å². The number of carbonyl (C=O) groups excluding carboxylic acids is 3. The van der Waals surface area contributed by atoms with Crippen LogP contribution in [-0.2, 0) is 14.4 Å². The maximum absolute atomic E-state index is 12.8. The molecule has 0 aromatic carbocycles. The zero-order valence-electron chi connectivity index (χ0n) is 13.7. The monoisotopic (exact) mass is 302 g/mol. The molecule has 0 heterocycles. The Morgan fingerprint density at radius 1 is 0.909 bits per heavy atom. The molecule has 0 aliphatic heterocycles. The Hall–Kier alpha value is -0.990. The van der Waals surface area contributed by atoms with E-state index in [4.69, 9.17) is 0 Å². The Labute approximate surface area is 132 Å². The highest BCUT2D eigenvalue weighted by Crippen LogP contribution is 2.64. The standard InChI is InChI=1S/C19H26O3/c1-18-8-7-15-13(14(18)5-6-16(18)21)4-3-11-9-12(20)10-17(22)19(11,15)2/h11,13-15H,3-10H2,1-2H3/t11?,13-,14-,15+,18-,19-/m0/s1. The van der Waals surface area contributed by atoms with Gasteiger partial charge in [-0.25, -0.2) is 0 Å². The Bertz CT molecular complexity index is 565. The first-order chi connectivity index (χ1) is 10.4. The number of Topliss-reactive ketones (excluding diaryl/α,β-unsaturated/α-hetero) is 3. The van der Waals surface area contributed by atoms with Crippen molar-refractivity contribution in [1.29, 1.82) is 0 Å². The molecule has 4 rings (SSSR count). The van der Waals surface area contributed by atoms with E-state index in [0.29, 0.717) is 30.0 Å². The van der Waals surface area contributed by atoms with E-state index < -0.39 is 0 Å². The second-order valence-corrected chi connectivity index (χ2v) is 8.69. The number of ketones is 3. The van der Waals surface area contributed by atoms with Crippen LogP contribution in [0.15, 0.2) is 0 Å². The van der Waals surface area contributed by atoms with Crippen LogP contribution in [0, 0.1) is 34.5 Å². The molecular formula is C19H26O3. The van der Waals surface area contributed by atoms with Gasteiger partial charge in [0.1, 0.15) is 17.3 Å². The van der Waals surface area contributed by atoms with Gasteiger partial charge in [-0.1, -0.05) is 13.8 Å². The molecule has 3 nitrogen and oxygen atoms in total. The lowest BCUT2D eigenvalue weighted by Gasteiger charge is -2.58. The van der Waals surface area contributed by atoms with E-state index in [9.17, 15) is 14.4 Å². The molecule has 4 aliphatic carbocycles. The van der Waals surface area contributed by atoms with E-state index in [2.05, 4.69) is 13.8 Å². The molecular weight excluding hydrogens is 276 g/mol. The number of rotatable bonds is 0. The molecule has 0 saturated heterocycles. The lowest BCUT2D eigenvalue weighted by molar-refractivity contribution is -0.159. The van der Waals surface area contributed by atoms with E-state index in [1.54, 1.807) is 0 Å². The van der Waals surface area contributed by atoms with Crippen molar-refractivity contribution in [3.63, 3.8) is 0 Å². The van der Waals surface area contributed by atoms with Crippen molar-refractivity contribution in [2.24, 2.45) is 34.5 Å². The van der Waals surface area contributed by atoms with Gasteiger partial charge in [-0.3, -0.25) is 14.4 Å². The topological polar surface area (TPSA) is 51.2 Å². The maximum Gasteiger partial charge on any atom is 0.146 e. The predicted octanol–water partition coefficient (Wildman–Crippen LogP) is 3.35. The molecule has 0 spiro atoms. The average Bonchev–Trinajstić information content (AvgIpc) is 2.77. The molecule has 0 N–H and O–H groups in total. The molecule has 4 fully saturated rings. The van der Waals surface area contributed by atoms with Gasteiger partial charge in [0.15, 0.2) is 0 Å². The lowest BCUT2D eigenvalue weighted by Crippen LogP contribution is -2.57. The van der Waals surface area contributed by atoms with E-state index in [1.165, 1.54) is 0 Å². The first-order valence-corrected chi connectivity index (χ1v) is 8.95. The zero-order valence-corrected chi connectivity index (χ0v) is 13.7. The molecule has 0 aromatic rings. The second kappa shape index (κ2) is 4.52. The first kappa shape index (κ1) is 14.6. The normalized spacial score (nSPS) is 51.3. The van der Waals surface area contributed by atoms with Crippen LogP contribution in [0.2, 0.25) is 0 Å². The largest absolute Gasteiger partial charge is 0.299 e. The Morgan fingerprint density at radius 2 is 1.68 bits per heavy atom. The van der Waals surface area contributed by atoms with E-state index in [-0.39, 0.29) is 34.7 Å². The molecule has 1 unspecified atom stereocenters. The van der Waals surface area contributed by atoms with Crippen molar-refractivity contribution in [1.82, 2.24) is 0 Å². The molecule has 0 radical (unpaired) electrons. The number of carbonyl (C=O) groups is 3. The molecule has 4 aliphatic rings. The third-order valence-electron chi connectivity index (χ3n) is 8.05. The highest BCUT2D eigenvalue weighted by Gasteiger charge is 2.62. The lowest BCUT2D eigenvalue weighted by atomic mass is 9.45. The van der Waals surface area contributed by atoms with Crippen molar-refractivity contribution >= 4 is 17.3 Å². The fourth-order valence-corrected chi connectivity index (χ4v) is 6.67. The van der Waals surface area contributed by atoms with Crippen molar-refractivity contribution in [3.05, 3.63) is 0 Å². The van der Waals surface area contributed by atoms with Gasteiger partial charge in [0.05, 0.1) is 6.42 Å². The summed E-state index contributed by atoms with van der Waals surface area (Å²) in [5.41, 5.74) is -0.429. The fourth-order valence-electron chi connectivity index (χ4n) is 6.67. The Balaban J connectivity index is 1.70. The van der Waals surface area contributed by atoms with Gasteiger partial charge >= 0.3 is 0 Å². The highest BCUT2D eigenvalue weighted by molar-refractivity contribution is 6.04. The average molecular weight is 302 g/mol. The maximum atomic E-state index is 12.8. The molecule has 0 aromatic heterocycles. The molecule has 4 saturated carbocycles. The van der Waals surface area contributed by atoms with E-state index in [1.807, 2.05) is 0 Å². The molecule has 22 heavy (non-hydrogen) atoms. The quantitative estimate of drug-likeness (QED) is 0.645. The SMILES string of the molecule is C[C@]12C(=O)CC(=O)CC1CC[C@@H]1[C@H]2CC[C@]2(C)C(=O)CC[C@@H]12. The summed E-state index contributed by atoms with van der Waals surface area (Å²) in [5.74, 6) is 2.43. The molecule has 3 heteroatoms. The molecule has 120 valence electrons. The van der Waals surface area contributed by atoms with Crippen LogP contribution in [0.1, 0.15) is 65.2 Å². The van der Waals surface area contributed by atoms with Crippen molar-refractivity contribution in [2.45, 2.75) is 65.2 Å². The minimum atomic E-state index is -0.302. The van der Waals surface area contributed by atoms with E-state index >= 15 is 0 Å². The highest BCUT2D eigenvalue weighted by atomic mass is 16.2. The Kier molecular flexibility index (Phi) is 3.00. The van der Waals surface area contributed by atoms with Crippen LogP contribution < -0.4 is 0 Å². The summed E-state index contributed by atoms with van der Waals surface area (Å²) in [5, 5.41) is 0. The summed E-state index contributed by atoms with van der Waals surface area (Å²) in [6, 6.07) is 0. The minimum Gasteiger partial charge on any atom is -0.299 e. The number of fused-ring (bicyclic) bond motifs is 5. The van der Waals surface area contributed by atoms with Gasteiger partial charge in [-0.15, -0.1) is 0 Å². The summed E-state index contributed by atoms with van der Waals surface area (Å²) in [4.78, 5) is 37.0. The molecule has 0 amide bonds. The van der Waals surface area contributed by atoms with Crippen LogP contribution in [-0.4, -0.2) is 17.3 Å².